The molecule has 0 radical (unpaired) electrons. The number of allylic oxidation sites excluding steroid dienone is 1. The molecule has 0 aliphatic carbocycles. The van der Waals surface area contributed by atoms with E-state index in [-0.39, 0.29) is 36.4 Å². The average Bonchev–Trinajstić information content (AvgIpc) is 3.19. The molecule has 1 aliphatic rings. The van der Waals surface area contributed by atoms with Crippen LogP contribution in [-0.2, 0) is 24.0 Å². The van der Waals surface area contributed by atoms with Crippen molar-refractivity contribution in [3.8, 4) is 0 Å². The van der Waals surface area contributed by atoms with Crippen LogP contribution in [0.3, 0.4) is 0 Å². The van der Waals surface area contributed by atoms with Crippen LogP contribution in [0.2, 0.25) is 0 Å². The van der Waals surface area contributed by atoms with Crippen LogP contribution in [0.25, 0.3) is 0 Å². The maximum absolute atomic E-state index is 12.6. The van der Waals surface area contributed by atoms with Crippen molar-refractivity contribution >= 4 is 29.3 Å². The lowest BCUT2D eigenvalue weighted by Gasteiger charge is -2.26. The molecule has 0 aromatic carbocycles. The Morgan fingerprint density at radius 3 is 2.40 bits per heavy atom. The summed E-state index contributed by atoms with van der Waals surface area (Å²) in [6, 6.07) is -1.22. The molecule has 30 heavy (non-hydrogen) atoms. The first-order valence-corrected chi connectivity index (χ1v) is 10.7. The quantitative estimate of drug-likeness (QED) is 0.462. The smallest absolute Gasteiger partial charge is 0.243 e. The Balaban J connectivity index is 2.62. The van der Waals surface area contributed by atoms with Crippen LogP contribution in [0.15, 0.2) is 12.7 Å². The van der Waals surface area contributed by atoms with E-state index >= 15 is 0 Å². The number of hydrogen-bond donors (Lipinski definition) is 2. The fraction of sp³-hybridized carbons (Fsp3) is 0.682. The fourth-order valence-corrected chi connectivity index (χ4v) is 3.58. The third-order valence-corrected chi connectivity index (χ3v) is 5.20. The zero-order valence-electron chi connectivity index (χ0n) is 18.5. The molecule has 0 saturated carbocycles. The van der Waals surface area contributed by atoms with Crippen molar-refractivity contribution in [3.63, 3.8) is 0 Å². The van der Waals surface area contributed by atoms with Crippen molar-refractivity contribution in [1.29, 1.82) is 0 Å². The standard InChI is InChI=1S/C22H35N3O5/c1-6-16(26)12-15(5)22(30)25-10-8-9-18(25)21(29)23-13-20(28)24-17(11-14(3)4)19(27)7-2/h6,14-15,17-18H,1,7-13H2,2-5H3,(H,23,29)(H,24,28)/t15-,17+,18+/m1/s1. The summed E-state index contributed by atoms with van der Waals surface area (Å²) in [6.07, 6.45) is 3.30. The van der Waals surface area contributed by atoms with Crippen molar-refractivity contribution in [2.75, 3.05) is 13.1 Å². The summed E-state index contributed by atoms with van der Waals surface area (Å²) in [5.41, 5.74) is 0. The number of amides is 3. The minimum atomic E-state index is -0.657. The van der Waals surface area contributed by atoms with Crippen LogP contribution in [0.1, 0.15) is 59.8 Å². The van der Waals surface area contributed by atoms with Crippen LogP contribution in [0.4, 0.5) is 0 Å². The van der Waals surface area contributed by atoms with E-state index in [0.29, 0.717) is 32.2 Å². The normalized spacial score (nSPS) is 17.9. The zero-order valence-corrected chi connectivity index (χ0v) is 18.5. The molecule has 1 heterocycles. The molecule has 8 heteroatoms. The molecule has 1 saturated heterocycles. The second-order valence-electron chi connectivity index (χ2n) is 8.25. The highest BCUT2D eigenvalue weighted by Gasteiger charge is 2.36. The van der Waals surface area contributed by atoms with Gasteiger partial charge in [0.25, 0.3) is 0 Å². The molecule has 2 N–H and O–H groups in total. The molecule has 0 unspecified atom stereocenters. The van der Waals surface area contributed by atoms with E-state index in [0.717, 1.165) is 0 Å². The summed E-state index contributed by atoms with van der Waals surface area (Å²) < 4.78 is 0. The van der Waals surface area contributed by atoms with Crippen molar-refractivity contribution < 1.29 is 24.0 Å². The number of rotatable bonds is 12. The lowest BCUT2D eigenvalue weighted by molar-refractivity contribution is -0.142. The molecule has 1 rings (SSSR count). The summed E-state index contributed by atoms with van der Waals surface area (Å²) in [5, 5.41) is 5.27. The Labute approximate surface area is 178 Å². The van der Waals surface area contributed by atoms with Crippen molar-refractivity contribution in [3.05, 3.63) is 12.7 Å². The minimum absolute atomic E-state index is 0.0426. The minimum Gasteiger partial charge on any atom is -0.345 e. The first-order chi connectivity index (χ1) is 14.1. The van der Waals surface area contributed by atoms with Crippen LogP contribution in [0, 0.1) is 11.8 Å². The summed E-state index contributed by atoms with van der Waals surface area (Å²) in [5.74, 6) is -1.64. The van der Waals surface area contributed by atoms with Gasteiger partial charge in [0, 0.05) is 25.3 Å². The lowest BCUT2D eigenvalue weighted by Crippen LogP contribution is -2.51. The van der Waals surface area contributed by atoms with Gasteiger partial charge in [-0.25, -0.2) is 0 Å². The molecule has 168 valence electrons. The Hall–Kier alpha value is -2.51. The highest BCUT2D eigenvalue weighted by molar-refractivity contribution is 5.95. The molecule has 1 fully saturated rings. The second kappa shape index (κ2) is 12.2. The van der Waals surface area contributed by atoms with E-state index in [1.165, 1.54) is 11.0 Å². The molecular weight excluding hydrogens is 386 g/mol. The number of carbonyl (C=O) groups is 5. The van der Waals surface area contributed by atoms with Gasteiger partial charge in [-0.15, -0.1) is 0 Å². The van der Waals surface area contributed by atoms with E-state index in [9.17, 15) is 24.0 Å². The number of likely N-dealkylation sites (tertiary alicyclic amines) is 1. The number of carbonyl (C=O) groups excluding carboxylic acids is 5. The van der Waals surface area contributed by atoms with Crippen LogP contribution >= 0.6 is 0 Å². The molecule has 8 nitrogen and oxygen atoms in total. The average molecular weight is 422 g/mol. The molecular formula is C22H35N3O5. The Morgan fingerprint density at radius 2 is 1.83 bits per heavy atom. The van der Waals surface area contributed by atoms with E-state index in [1.807, 2.05) is 13.8 Å². The maximum atomic E-state index is 12.6. The summed E-state index contributed by atoms with van der Waals surface area (Å²) in [4.78, 5) is 62.5. The monoisotopic (exact) mass is 421 g/mol. The van der Waals surface area contributed by atoms with Crippen molar-refractivity contribution in [1.82, 2.24) is 15.5 Å². The number of nitrogens with one attached hydrogen (secondary N) is 2. The second-order valence-corrected chi connectivity index (χ2v) is 8.25. The van der Waals surface area contributed by atoms with E-state index in [2.05, 4.69) is 17.2 Å². The van der Waals surface area contributed by atoms with Gasteiger partial charge in [-0.05, 0) is 31.3 Å². The topological polar surface area (TPSA) is 113 Å². The van der Waals surface area contributed by atoms with Gasteiger partial charge in [-0.1, -0.05) is 34.3 Å². The summed E-state index contributed by atoms with van der Waals surface area (Å²) in [7, 11) is 0. The Kier molecular flexibility index (Phi) is 10.4. The Morgan fingerprint density at radius 1 is 1.17 bits per heavy atom. The highest BCUT2D eigenvalue weighted by Crippen LogP contribution is 2.21. The van der Waals surface area contributed by atoms with Gasteiger partial charge < -0.3 is 15.5 Å². The predicted octanol–water partition coefficient (Wildman–Crippen LogP) is 1.38. The van der Waals surface area contributed by atoms with Gasteiger partial charge in [0.15, 0.2) is 11.6 Å². The molecule has 0 aromatic heterocycles. The van der Waals surface area contributed by atoms with Crippen LogP contribution in [0.5, 0.6) is 0 Å². The summed E-state index contributed by atoms with van der Waals surface area (Å²) in [6.45, 7) is 10.9. The van der Waals surface area contributed by atoms with Gasteiger partial charge in [-0.3, -0.25) is 24.0 Å². The SMILES string of the molecule is C=CC(=O)C[C@@H](C)C(=O)N1CCC[C@H]1C(=O)NCC(=O)N[C@@H](CC(C)C)C(=O)CC. The van der Waals surface area contributed by atoms with Gasteiger partial charge in [0.1, 0.15) is 6.04 Å². The molecule has 3 amide bonds. The predicted molar refractivity (Wildman–Crippen MR) is 113 cm³/mol. The van der Waals surface area contributed by atoms with Gasteiger partial charge in [-0.2, -0.15) is 0 Å². The van der Waals surface area contributed by atoms with E-state index in [4.69, 9.17) is 0 Å². The van der Waals surface area contributed by atoms with Crippen molar-refractivity contribution in [2.45, 2.75) is 71.9 Å². The maximum Gasteiger partial charge on any atom is 0.243 e. The number of nitrogens with zero attached hydrogens (tertiary/aromatic N) is 1. The highest BCUT2D eigenvalue weighted by atomic mass is 16.2. The Bertz CT molecular complexity index is 674. The molecule has 1 aliphatic heterocycles. The lowest BCUT2D eigenvalue weighted by atomic mass is 9.99. The van der Waals surface area contributed by atoms with E-state index < -0.39 is 29.8 Å². The molecule has 0 bridgehead atoms. The summed E-state index contributed by atoms with van der Waals surface area (Å²) >= 11 is 0. The fourth-order valence-electron chi connectivity index (χ4n) is 3.58. The zero-order chi connectivity index (χ0) is 22.8. The number of Topliss-reactive ketones (excluding diaryl/α,β-unsaturated/α-hetero) is 1. The third-order valence-electron chi connectivity index (χ3n) is 5.20. The van der Waals surface area contributed by atoms with Gasteiger partial charge in [0.05, 0.1) is 12.6 Å². The molecule has 0 spiro atoms. The van der Waals surface area contributed by atoms with Gasteiger partial charge >= 0.3 is 0 Å². The number of hydrogen-bond acceptors (Lipinski definition) is 5. The largest absolute Gasteiger partial charge is 0.345 e. The third kappa shape index (κ3) is 7.72. The van der Waals surface area contributed by atoms with Gasteiger partial charge in [0.2, 0.25) is 17.7 Å². The van der Waals surface area contributed by atoms with Crippen LogP contribution in [-0.4, -0.2) is 59.4 Å². The molecule has 3 atom stereocenters. The van der Waals surface area contributed by atoms with Crippen molar-refractivity contribution in [2.24, 2.45) is 11.8 Å². The molecule has 0 aromatic rings. The number of ketones is 2. The van der Waals surface area contributed by atoms with Crippen LogP contribution < -0.4 is 10.6 Å². The first-order valence-electron chi connectivity index (χ1n) is 10.7. The first kappa shape index (κ1) is 25.5. The van der Waals surface area contributed by atoms with E-state index in [1.54, 1.807) is 13.8 Å².